The Bertz CT molecular complexity index is 520. The Hall–Kier alpha value is -1.43. The quantitative estimate of drug-likeness (QED) is 0.874. The van der Waals surface area contributed by atoms with Crippen molar-refractivity contribution in [1.29, 1.82) is 0 Å². The van der Waals surface area contributed by atoms with Gasteiger partial charge in [-0.3, -0.25) is 9.69 Å². The number of ether oxygens (including phenoxy) is 1. The highest BCUT2D eigenvalue weighted by Crippen LogP contribution is 2.34. The number of aliphatic hydroxyl groups is 1. The molecule has 0 saturated carbocycles. The summed E-state index contributed by atoms with van der Waals surface area (Å²) in [6, 6.07) is 8.03. The van der Waals surface area contributed by atoms with E-state index in [0.29, 0.717) is 26.2 Å². The van der Waals surface area contributed by atoms with Crippen LogP contribution in [0.3, 0.4) is 0 Å². The monoisotopic (exact) mass is 290 g/mol. The number of benzene rings is 1. The smallest absolute Gasteiger partial charge is 0.236 e. The lowest BCUT2D eigenvalue weighted by atomic mass is 10.1. The van der Waals surface area contributed by atoms with E-state index in [9.17, 15) is 9.90 Å². The highest BCUT2D eigenvalue weighted by atomic mass is 16.5. The lowest BCUT2D eigenvalue weighted by Gasteiger charge is -2.38. The van der Waals surface area contributed by atoms with E-state index >= 15 is 0 Å². The van der Waals surface area contributed by atoms with Crippen LogP contribution in [0.25, 0.3) is 0 Å². The maximum Gasteiger partial charge on any atom is 0.236 e. The Morgan fingerprint density at radius 1 is 1.33 bits per heavy atom. The van der Waals surface area contributed by atoms with Gasteiger partial charge in [0.05, 0.1) is 19.3 Å². The molecule has 0 spiro atoms. The maximum atomic E-state index is 12.2. The van der Waals surface area contributed by atoms with E-state index in [2.05, 4.69) is 11.0 Å². The van der Waals surface area contributed by atoms with Crippen LogP contribution in [0.4, 0.5) is 0 Å². The fourth-order valence-electron chi connectivity index (χ4n) is 3.33. The van der Waals surface area contributed by atoms with Gasteiger partial charge in [-0.15, -0.1) is 0 Å². The van der Waals surface area contributed by atoms with E-state index in [1.54, 1.807) is 7.11 Å². The number of hydrogen-bond acceptors (Lipinski definition) is 4. The summed E-state index contributed by atoms with van der Waals surface area (Å²) in [7, 11) is 1.65. The van der Waals surface area contributed by atoms with E-state index in [1.165, 1.54) is 5.56 Å². The minimum absolute atomic E-state index is 0.0240. The van der Waals surface area contributed by atoms with Crippen molar-refractivity contribution < 1.29 is 14.6 Å². The van der Waals surface area contributed by atoms with Crippen LogP contribution < -0.4 is 0 Å². The summed E-state index contributed by atoms with van der Waals surface area (Å²) in [5.74, 6) is 0.126. The van der Waals surface area contributed by atoms with Crippen molar-refractivity contribution in [2.24, 2.45) is 0 Å². The van der Waals surface area contributed by atoms with Gasteiger partial charge in [-0.25, -0.2) is 0 Å². The van der Waals surface area contributed by atoms with Crippen molar-refractivity contribution in [2.45, 2.75) is 18.6 Å². The van der Waals surface area contributed by atoms with Gasteiger partial charge in [-0.05, 0) is 17.5 Å². The predicted molar refractivity (Wildman–Crippen MR) is 78.9 cm³/mol. The first-order valence-electron chi connectivity index (χ1n) is 7.47. The van der Waals surface area contributed by atoms with Gasteiger partial charge in [0.1, 0.15) is 0 Å². The van der Waals surface area contributed by atoms with Crippen LogP contribution >= 0.6 is 0 Å². The molecule has 0 aromatic heterocycles. The fraction of sp³-hybridized carbons (Fsp3) is 0.562. The van der Waals surface area contributed by atoms with Crippen molar-refractivity contribution >= 4 is 5.91 Å². The molecule has 2 aliphatic rings. The topological polar surface area (TPSA) is 53.0 Å². The first kappa shape index (κ1) is 14.5. The Kier molecular flexibility index (Phi) is 4.24. The molecule has 1 fully saturated rings. The molecule has 114 valence electrons. The van der Waals surface area contributed by atoms with E-state index in [4.69, 9.17) is 4.74 Å². The number of rotatable bonds is 4. The third kappa shape index (κ3) is 2.81. The van der Waals surface area contributed by atoms with Gasteiger partial charge < -0.3 is 14.7 Å². The summed E-state index contributed by atoms with van der Waals surface area (Å²) in [5.41, 5.74) is 2.21. The molecule has 1 aliphatic carbocycles. The van der Waals surface area contributed by atoms with E-state index < -0.39 is 6.10 Å². The van der Waals surface area contributed by atoms with Crippen LogP contribution in [0.2, 0.25) is 0 Å². The molecule has 5 nitrogen and oxygen atoms in total. The van der Waals surface area contributed by atoms with Gasteiger partial charge in [0, 0.05) is 32.8 Å². The third-order valence-electron chi connectivity index (χ3n) is 4.55. The lowest BCUT2D eigenvalue weighted by molar-refractivity contribution is -0.138. The molecular formula is C16H22N2O3. The normalized spacial score (nSPS) is 26.2. The molecule has 2 unspecified atom stereocenters. The zero-order valence-electron chi connectivity index (χ0n) is 12.4. The second-order valence-electron chi connectivity index (χ2n) is 5.76. The number of aliphatic hydroxyl groups excluding tert-OH is 1. The second kappa shape index (κ2) is 6.13. The standard InChI is InChI=1S/C16H22N2O3/c1-21-9-8-17-6-7-18(11-15(17)19)14-10-12-4-2-3-5-13(12)16(14)20/h2-5,14,16,20H,6-11H2,1H3. The van der Waals surface area contributed by atoms with E-state index in [-0.39, 0.29) is 11.9 Å². The number of hydrogen-bond donors (Lipinski definition) is 1. The van der Waals surface area contributed by atoms with E-state index in [0.717, 1.165) is 18.5 Å². The molecule has 21 heavy (non-hydrogen) atoms. The molecule has 1 N–H and O–H groups in total. The van der Waals surface area contributed by atoms with E-state index in [1.807, 2.05) is 23.1 Å². The van der Waals surface area contributed by atoms with Crippen LogP contribution in [-0.2, 0) is 16.0 Å². The summed E-state index contributed by atoms with van der Waals surface area (Å²) in [5, 5.41) is 10.5. The molecule has 0 bridgehead atoms. The Morgan fingerprint density at radius 2 is 2.14 bits per heavy atom. The fourth-order valence-corrected chi connectivity index (χ4v) is 3.33. The van der Waals surface area contributed by atoms with Crippen LogP contribution in [-0.4, -0.2) is 66.8 Å². The van der Waals surface area contributed by atoms with Crippen LogP contribution in [0.5, 0.6) is 0 Å². The average Bonchev–Trinajstić information content (AvgIpc) is 2.84. The largest absolute Gasteiger partial charge is 0.387 e. The Morgan fingerprint density at radius 3 is 2.86 bits per heavy atom. The summed E-state index contributed by atoms with van der Waals surface area (Å²) >= 11 is 0. The molecule has 2 atom stereocenters. The zero-order chi connectivity index (χ0) is 14.8. The maximum absolute atomic E-state index is 12.2. The van der Waals surface area contributed by atoms with Crippen molar-refractivity contribution in [3.05, 3.63) is 35.4 Å². The highest BCUT2D eigenvalue weighted by molar-refractivity contribution is 5.79. The summed E-state index contributed by atoms with van der Waals surface area (Å²) in [6.07, 6.45) is 0.336. The molecule has 1 aliphatic heterocycles. The average molecular weight is 290 g/mol. The minimum Gasteiger partial charge on any atom is -0.387 e. The highest BCUT2D eigenvalue weighted by Gasteiger charge is 2.37. The first-order valence-corrected chi connectivity index (χ1v) is 7.47. The van der Waals surface area contributed by atoms with Crippen LogP contribution in [0.1, 0.15) is 17.2 Å². The van der Waals surface area contributed by atoms with Crippen molar-refractivity contribution in [3.8, 4) is 0 Å². The molecule has 1 aromatic carbocycles. The molecule has 1 saturated heterocycles. The molecule has 1 heterocycles. The van der Waals surface area contributed by atoms with Crippen LogP contribution in [0.15, 0.2) is 24.3 Å². The molecule has 3 rings (SSSR count). The number of methoxy groups -OCH3 is 1. The molecule has 1 aromatic rings. The number of piperazine rings is 1. The number of amides is 1. The molecule has 5 heteroatoms. The Labute approximate surface area is 125 Å². The van der Waals surface area contributed by atoms with Crippen molar-refractivity contribution in [3.63, 3.8) is 0 Å². The van der Waals surface area contributed by atoms with Gasteiger partial charge in [0.25, 0.3) is 0 Å². The van der Waals surface area contributed by atoms with Crippen LogP contribution in [0, 0.1) is 0 Å². The van der Waals surface area contributed by atoms with Gasteiger partial charge in [-0.1, -0.05) is 24.3 Å². The van der Waals surface area contributed by atoms with Gasteiger partial charge in [0.2, 0.25) is 5.91 Å². The zero-order valence-corrected chi connectivity index (χ0v) is 12.4. The minimum atomic E-state index is -0.487. The SMILES string of the molecule is COCCN1CCN(C2Cc3ccccc3C2O)CC1=O. The summed E-state index contributed by atoms with van der Waals surface area (Å²) in [6.45, 7) is 3.13. The third-order valence-corrected chi connectivity index (χ3v) is 4.55. The molecule has 1 amide bonds. The van der Waals surface area contributed by atoms with Gasteiger partial charge in [0.15, 0.2) is 0 Å². The first-order chi connectivity index (χ1) is 10.2. The van der Waals surface area contributed by atoms with Crippen molar-refractivity contribution in [1.82, 2.24) is 9.80 Å². The summed E-state index contributed by atoms with van der Waals surface area (Å²) in [4.78, 5) is 16.2. The van der Waals surface area contributed by atoms with Gasteiger partial charge >= 0.3 is 0 Å². The number of fused-ring (bicyclic) bond motifs is 1. The molecular weight excluding hydrogens is 268 g/mol. The number of carbonyl (C=O) groups is 1. The second-order valence-corrected chi connectivity index (χ2v) is 5.76. The Balaban J connectivity index is 1.64. The van der Waals surface area contributed by atoms with Crippen molar-refractivity contribution in [2.75, 3.05) is 39.9 Å². The lowest BCUT2D eigenvalue weighted by Crippen LogP contribution is -2.55. The predicted octanol–water partition coefficient (Wildman–Crippen LogP) is 0.435. The van der Waals surface area contributed by atoms with Gasteiger partial charge in [-0.2, -0.15) is 0 Å². The number of nitrogens with zero attached hydrogens (tertiary/aromatic N) is 2. The molecule has 0 radical (unpaired) electrons. The number of carbonyl (C=O) groups excluding carboxylic acids is 1. The summed E-state index contributed by atoms with van der Waals surface area (Å²) < 4.78 is 5.03.